The van der Waals surface area contributed by atoms with Gasteiger partial charge >= 0.3 is 0 Å². The summed E-state index contributed by atoms with van der Waals surface area (Å²) < 4.78 is 34.3. The Labute approximate surface area is 177 Å². The molecule has 0 spiro atoms. The summed E-state index contributed by atoms with van der Waals surface area (Å²) in [6.07, 6.45) is 6.24. The summed E-state index contributed by atoms with van der Waals surface area (Å²) in [5, 5.41) is 0. The van der Waals surface area contributed by atoms with Gasteiger partial charge < -0.3 is 9.64 Å². The Bertz CT molecular complexity index is 1090. The Morgan fingerprint density at radius 3 is 2.57 bits per heavy atom. The largest absolute Gasteiger partial charge is 0.368 e. The minimum absolute atomic E-state index is 0.0269. The molecule has 1 aliphatic carbocycles. The van der Waals surface area contributed by atoms with Crippen LogP contribution in [0.3, 0.4) is 0 Å². The average Bonchev–Trinajstić information content (AvgIpc) is 3.43. The molecule has 1 saturated heterocycles. The van der Waals surface area contributed by atoms with Crippen molar-refractivity contribution in [3.05, 3.63) is 53.1 Å². The van der Waals surface area contributed by atoms with E-state index in [0.29, 0.717) is 18.8 Å². The van der Waals surface area contributed by atoms with Gasteiger partial charge in [0.2, 0.25) is 0 Å². The predicted octanol–water partition coefficient (Wildman–Crippen LogP) is 3.43. The fraction of sp³-hybridized carbons (Fsp3) is 0.435. The third-order valence-corrected chi connectivity index (χ3v) is 7.71. The van der Waals surface area contributed by atoms with E-state index in [2.05, 4.69) is 4.72 Å². The topological polar surface area (TPSA) is 75.7 Å². The molecule has 0 radical (unpaired) electrons. The molecular weight excluding hydrogens is 400 g/mol. The molecule has 1 fully saturated rings. The van der Waals surface area contributed by atoms with Crippen molar-refractivity contribution < 1.29 is 17.9 Å². The number of nitrogens with zero attached hydrogens (tertiary/aromatic N) is 1. The summed E-state index contributed by atoms with van der Waals surface area (Å²) >= 11 is 0. The molecule has 0 saturated carbocycles. The standard InChI is InChI=1S/C23H26N2O4S/c26-23(22-6-3-13-29-22)25-12-11-17-7-9-19(15-21(17)25)24-30(27,28)20-10-8-16-4-1-2-5-18(16)14-20/h7-10,14-15,22,24H,1-6,11-13H2. The molecule has 2 aromatic carbocycles. The Kier molecular flexibility index (Phi) is 5.03. The van der Waals surface area contributed by atoms with Gasteiger partial charge in [-0.25, -0.2) is 8.42 Å². The zero-order chi connectivity index (χ0) is 20.7. The van der Waals surface area contributed by atoms with Gasteiger partial charge in [-0.2, -0.15) is 0 Å². The molecule has 2 aromatic rings. The highest BCUT2D eigenvalue weighted by atomic mass is 32.2. The van der Waals surface area contributed by atoms with Crippen molar-refractivity contribution in [1.29, 1.82) is 0 Å². The van der Waals surface area contributed by atoms with Gasteiger partial charge in [0.1, 0.15) is 6.10 Å². The van der Waals surface area contributed by atoms with Crippen LogP contribution in [0.1, 0.15) is 42.4 Å². The average molecular weight is 427 g/mol. The molecule has 2 aliphatic heterocycles. The molecule has 3 aliphatic rings. The number of amides is 1. The fourth-order valence-corrected chi connectivity index (χ4v) is 5.81. The highest BCUT2D eigenvalue weighted by molar-refractivity contribution is 7.92. The third kappa shape index (κ3) is 3.61. The monoisotopic (exact) mass is 426 g/mol. The number of rotatable bonds is 4. The first-order valence-electron chi connectivity index (χ1n) is 10.7. The van der Waals surface area contributed by atoms with Gasteiger partial charge in [-0.1, -0.05) is 12.1 Å². The second-order valence-electron chi connectivity index (χ2n) is 8.33. The molecule has 1 atom stereocenters. The number of sulfonamides is 1. The van der Waals surface area contributed by atoms with Crippen LogP contribution in [0.4, 0.5) is 11.4 Å². The second-order valence-corrected chi connectivity index (χ2v) is 10.0. The van der Waals surface area contributed by atoms with E-state index in [1.165, 1.54) is 5.56 Å². The molecule has 2 heterocycles. The Morgan fingerprint density at radius 1 is 0.967 bits per heavy atom. The van der Waals surface area contributed by atoms with Crippen molar-refractivity contribution in [2.75, 3.05) is 22.8 Å². The summed E-state index contributed by atoms with van der Waals surface area (Å²) in [4.78, 5) is 14.9. The summed E-state index contributed by atoms with van der Waals surface area (Å²) in [5.74, 6) is -0.0269. The molecule has 7 heteroatoms. The van der Waals surface area contributed by atoms with Gasteiger partial charge in [0, 0.05) is 18.8 Å². The molecule has 1 N–H and O–H groups in total. The number of anilines is 2. The lowest BCUT2D eigenvalue weighted by molar-refractivity contribution is -0.127. The number of ether oxygens (including phenoxy) is 1. The summed E-state index contributed by atoms with van der Waals surface area (Å²) in [5.41, 5.74) is 4.69. The van der Waals surface area contributed by atoms with Crippen molar-refractivity contribution in [3.8, 4) is 0 Å². The van der Waals surface area contributed by atoms with Crippen LogP contribution >= 0.6 is 0 Å². The number of hydrogen-bond donors (Lipinski definition) is 1. The highest BCUT2D eigenvalue weighted by Gasteiger charge is 2.33. The molecular formula is C23H26N2O4S. The minimum Gasteiger partial charge on any atom is -0.368 e. The van der Waals surface area contributed by atoms with Gasteiger partial charge in [0.25, 0.3) is 15.9 Å². The molecule has 0 aromatic heterocycles. The van der Waals surface area contributed by atoms with Gasteiger partial charge in [-0.15, -0.1) is 0 Å². The Morgan fingerprint density at radius 2 is 1.77 bits per heavy atom. The highest BCUT2D eigenvalue weighted by Crippen LogP contribution is 2.33. The van der Waals surface area contributed by atoms with Crippen molar-refractivity contribution in [3.63, 3.8) is 0 Å². The maximum absolute atomic E-state index is 13.0. The Balaban J connectivity index is 1.39. The molecule has 6 nitrogen and oxygen atoms in total. The zero-order valence-corrected chi connectivity index (χ0v) is 17.7. The molecule has 0 bridgehead atoms. The number of fused-ring (bicyclic) bond motifs is 2. The number of nitrogens with one attached hydrogen (secondary N) is 1. The van der Waals surface area contributed by atoms with E-state index in [-0.39, 0.29) is 16.9 Å². The maximum atomic E-state index is 13.0. The fourth-order valence-electron chi connectivity index (χ4n) is 4.71. The number of carbonyl (C=O) groups is 1. The molecule has 158 valence electrons. The summed E-state index contributed by atoms with van der Waals surface area (Å²) in [6, 6.07) is 10.9. The van der Waals surface area contributed by atoms with E-state index in [1.807, 2.05) is 12.1 Å². The van der Waals surface area contributed by atoms with E-state index in [0.717, 1.165) is 61.8 Å². The summed E-state index contributed by atoms with van der Waals surface area (Å²) in [6.45, 7) is 1.23. The van der Waals surface area contributed by atoms with E-state index in [9.17, 15) is 13.2 Å². The molecule has 5 rings (SSSR count). The number of aryl methyl sites for hydroxylation is 2. The number of carbonyl (C=O) groups excluding carboxylic acids is 1. The summed E-state index contributed by atoms with van der Waals surface area (Å²) in [7, 11) is -3.70. The predicted molar refractivity (Wildman–Crippen MR) is 115 cm³/mol. The maximum Gasteiger partial charge on any atom is 0.261 e. The van der Waals surface area contributed by atoms with E-state index >= 15 is 0 Å². The van der Waals surface area contributed by atoms with Crippen LogP contribution < -0.4 is 9.62 Å². The van der Waals surface area contributed by atoms with Crippen LogP contribution in [0.25, 0.3) is 0 Å². The van der Waals surface area contributed by atoms with Gasteiger partial charge in [0.15, 0.2) is 0 Å². The van der Waals surface area contributed by atoms with E-state index in [4.69, 9.17) is 4.74 Å². The van der Waals surface area contributed by atoms with E-state index < -0.39 is 10.0 Å². The van der Waals surface area contributed by atoms with Gasteiger partial charge in [0.05, 0.1) is 10.6 Å². The molecule has 30 heavy (non-hydrogen) atoms. The van der Waals surface area contributed by atoms with Gasteiger partial charge in [-0.05, 0) is 85.9 Å². The Hall–Kier alpha value is -2.38. The van der Waals surface area contributed by atoms with Crippen LogP contribution in [0.2, 0.25) is 0 Å². The first-order chi connectivity index (χ1) is 14.5. The van der Waals surface area contributed by atoms with Crippen molar-refractivity contribution >= 4 is 27.3 Å². The normalized spacial score (nSPS) is 20.7. The van der Waals surface area contributed by atoms with E-state index in [1.54, 1.807) is 29.2 Å². The lowest BCUT2D eigenvalue weighted by atomic mass is 9.92. The van der Waals surface area contributed by atoms with Crippen LogP contribution in [-0.2, 0) is 38.8 Å². The SMILES string of the molecule is O=C(C1CCCO1)N1CCc2ccc(NS(=O)(=O)c3ccc4c(c3)CCCC4)cc21. The van der Waals surface area contributed by atoms with Crippen LogP contribution in [0.5, 0.6) is 0 Å². The molecule has 1 unspecified atom stereocenters. The van der Waals surface area contributed by atoms with Crippen LogP contribution in [0, 0.1) is 0 Å². The second kappa shape index (κ2) is 7.71. The lowest BCUT2D eigenvalue weighted by Gasteiger charge is -2.21. The van der Waals surface area contributed by atoms with Crippen molar-refractivity contribution in [2.45, 2.75) is 55.9 Å². The zero-order valence-electron chi connectivity index (χ0n) is 16.9. The first kappa shape index (κ1) is 19.6. The first-order valence-corrected chi connectivity index (χ1v) is 12.2. The quantitative estimate of drug-likeness (QED) is 0.813. The third-order valence-electron chi connectivity index (χ3n) is 6.33. The number of benzene rings is 2. The smallest absolute Gasteiger partial charge is 0.261 e. The van der Waals surface area contributed by atoms with Gasteiger partial charge in [-0.3, -0.25) is 9.52 Å². The molecule has 1 amide bonds. The minimum atomic E-state index is -3.70. The lowest BCUT2D eigenvalue weighted by Crippen LogP contribution is -2.37. The van der Waals surface area contributed by atoms with Crippen molar-refractivity contribution in [2.24, 2.45) is 0 Å². The van der Waals surface area contributed by atoms with Crippen molar-refractivity contribution in [1.82, 2.24) is 0 Å². The number of hydrogen-bond acceptors (Lipinski definition) is 4. The van der Waals surface area contributed by atoms with Crippen LogP contribution in [0.15, 0.2) is 41.3 Å². The van der Waals surface area contributed by atoms with Crippen LogP contribution in [-0.4, -0.2) is 33.6 Å².